The van der Waals surface area contributed by atoms with E-state index in [4.69, 9.17) is 4.74 Å². The largest absolute Gasteiger partial charge is 0.494 e. The van der Waals surface area contributed by atoms with Gasteiger partial charge < -0.3 is 9.64 Å². The van der Waals surface area contributed by atoms with Crippen LogP contribution in [0.1, 0.15) is 44.2 Å². The molecule has 0 aliphatic carbocycles. The maximum absolute atomic E-state index is 5.82. The van der Waals surface area contributed by atoms with Crippen LogP contribution in [-0.2, 0) is 0 Å². The van der Waals surface area contributed by atoms with Gasteiger partial charge in [0.2, 0.25) is 0 Å². The number of ether oxygens (including phenoxy) is 1. The second-order valence-electron chi connectivity index (χ2n) is 5.44. The molecule has 1 aromatic rings. The van der Waals surface area contributed by atoms with Crippen molar-refractivity contribution < 1.29 is 9.64 Å². The van der Waals surface area contributed by atoms with Crippen molar-refractivity contribution in [1.82, 2.24) is 0 Å². The highest BCUT2D eigenvalue weighted by molar-refractivity contribution is 5.32. The van der Waals surface area contributed by atoms with Gasteiger partial charge in [-0.2, -0.15) is 0 Å². The van der Waals surface area contributed by atoms with E-state index in [2.05, 4.69) is 45.9 Å². The Bertz CT molecular complexity index is 338. The van der Waals surface area contributed by atoms with Crippen molar-refractivity contribution in [3.05, 3.63) is 29.3 Å². The molecule has 108 valence electrons. The van der Waals surface area contributed by atoms with Crippen molar-refractivity contribution in [2.75, 3.05) is 26.2 Å². The molecule has 0 heterocycles. The van der Waals surface area contributed by atoms with Crippen LogP contribution < -0.4 is 9.64 Å². The Balaban J connectivity index is 2.14. The number of aryl methyl sites for hydroxylation is 2. The van der Waals surface area contributed by atoms with Crippen LogP contribution in [0.2, 0.25) is 0 Å². The summed E-state index contributed by atoms with van der Waals surface area (Å²) in [7, 11) is 0. The van der Waals surface area contributed by atoms with Gasteiger partial charge in [-0.05, 0) is 70.2 Å². The summed E-state index contributed by atoms with van der Waals surface area (Å²) in [5.74, 6) is 1.02. The lowest BCUT2D eigenvalue weighted by atomic mass is 10.1. The van der Waals surface area contributed by atoms with E-state index in [-0.39, 0.29) is 0 Å². The molecule has 0 aliphatic heterocycles. The smallest absolute Gasteiger partial charge is 0.119 e. The summed E-state index contributed by atoms with van der Waals surface area (Å²) < 4.78 is 5.82. The van der Waals surface area contributed by atoms with E-state index in [1.807, 2.05) is 0 Å². The molecule has 19 heavy (non-hydrogen) atoms. The molecule has 0 bridgehead atoms. The molecule has 2 nitrogen and oxygen atoms in total. The zero-order chi connectivity index (χ0) is 14.1. The van der Waals surface area contributed by atoms with Crippen LogP contribution in [0.25, 0.3) is 0 Å². The average Bonchev–Trinajstić information content (AvgIpc) is 2.37. The fourth-order valence-corrected chi connectivity index (χ4v) is 2.46. The summed E-state index contributed by atoms with van der Waals surface area (Å²) in [5.41, 5.74) is 2.56. The van der Waals surface area contributed by atoms with Gasteiger partial charge in [0.1, 0.15) is 5.75 Å². The lowest BCUT2D eigenvalue weighted by Gasteiger charge is -2.15. The van der Waals surface area contributed by atoms with E-state index in [0.29, 0.717) is 0 Å². The topological polar surface area (TPSA) is 13.7 Å². The molecular weight excluding hydrogens is 234 g/mol. The lowest BCUT2D eigenvalue weighted by Crippen LogP contribution is -3.11. The van der Waals surface area contributed by atoms with E-state index in [1.54, 1.807) is 4.90 Å². The third kappa shape index (κ3) is 6.63. The average molecular weight is 264 g/mol. The molecule has 0 aromatic heterocycles. The van der Waals surface area contributed by atoms with Gasteiger partial charge in [0.05, 0.1) is 26.2 Å². The predicted molar refractivity (Wildman–Crippen MR) is 82.2 cm³/mol. The maximum atomic E-state index is 5.82. The lowest BCUT2D eigenvalue weighted by molar-refractivity contribution is -0.896. The van der Waals surface area contributed by atoms with Crippen molar-refractivity contribution in [2.24, 2.45) is 0 Å². The number of hydrogen-bond acceptors (Lipinski definition) is 1. The van der Waals surface area contributed by atoms with Crippen molar-refractivity contribution in [3.63, 3.8) is 0 Å². The normalized spacial score (nSPS) is 11.0. The molecule has 1 aromatic carbocycles. The zero-order valence-electron chi connectivity index (χ0n) is 13.1. The molecule has 0 unspecified atom stereocenters. The molecule has 0 fully saturated rings. The van der Waals surface area contributed by atoms with Gasteiger partial charge in [-0.15, -0.1) is 0 Å². The number of rotatable bonds is 9. The van der Waals surface area contributed by atoms with Crippen LogP contribution in [0.15, 0.2) is 18.2 Å². The van der Waals surface area contributed by atoms with Crippen molar-refractivity contribution in [3.8, 4) is 5.75 Å². The van der Waals surface area contributed by atoms with Gasteiger partial charge in [-0.1, -0.05) is 6.07 Å². The van der Waals surface area contributed by atoms with Gasteiger partial charge in [0.25, 0.3) is 0 Å². The zero-order valence-corrected chi connectivity index (χ0v) is 13.1. The summed E-state index contributed by atoms with van der Waals surface area (Å²) in [6, 6.07) is 6.42. The third-order valence-electron chi connectivity index (χ3n) is 3.64. The quantitative estimate of drug-likeness (QED) is 0.677. The second kappa shape index (κ2) is 8.98. The fourth-order valence-electron chi connectivity index (χ4n) is 2.46. The van der Waals surface area contributed by atoms with Gasteiger partial charge in [0, 0.05) is 0 Å². The number of unbranched alkanes of at least 4 members (excludes halogenated alkanes) is 2. The van der Waals surface area contributed by atoms with E-state index in [1.165, 1.54) is 43.6 Å². The van der Waals surface area contributed by atoms with E-state index < -0.39 is 0 Å². The number of nitrogens with one attached hydrogen (secondary N) is 1. The number of benzene rings is 1. The first-order valence-corrected chi connectivity index (χ1v) is 7.70. The Kier molecular flexibility index (Phi) is 7.57. The standard InChI is InChI=1S/C17H29NO/c1-5-18(6-2)10-8-7-9-11-19-17-13-15(3)12-16(4)14-17/h12-14H,5-11H2,1-4H3/p+1. The van der Waals surface area contributed by atoms with Gasteiger partial charge in [0.15, 0.2) is 0 Å². The minimum atomic E-state index is 0.844. The van der Waals surface area contributed by atoms with E-state index >= 15 is 0 Å². The molecule has 0 radical (unpaired) electrons. The number of hydrogen-bond donors (Lipinski definition) is 1. The Morgan fingerprint density at radius 2 is 1.53 bits per heavy atom. The van der Waals surface area contributed by atoms with E-state index in [9.17, 15) is 0 Å². The number of quaternary nitrogens is 1. The highest BCUT2D eigenvalue weighted by Crippen LogP contribution is 2.16. The van der Waals surface area contributed by atoms with Crippen LogP contribution >= 0.6 is 0 Å². The first-order valence-electron chi connectivity index (χ1n) is 7.70. The molecular formula is C17H30NO+. The highest BCUT2D eigenvalue weighted by Gasteiger charge is 2.01. The summed E-state index contributed by atoms with van der Waals surface area (Å²) in [6.07, 6.45) is 3.75. The molecule has 1 N–H and O–H groups in total. The second-order valence-corrected chi connectivity index (χ2v) is 5.44. The van der Waals surface area contributed by atoms with Crippen LogP contribution in [0.5, 0.6) is 5.75 Å². The molecule has 0 spiro atoms. The first kappa shape index (κ1) is 16.0. The summed E-state index contributed by atoms with van der Waals surface area (Å²) in [5, 5.41) is 0. The first-order chi connectivity index (χ1) is 9.15. The van der Waals surface area contributed by atoms with Gasteiger partial charge in [-0.25, -0.2) is 0 Å². The van der Waals surface area contributed by atoms with Gasteiger partial charge >= 0.3 is 0 Å². The molecule has 1 rings (SSSR count). The minimum Gasteiger partial charge on any atom is -0.494 e. The van der Waals surface area contributed by atoms with Crippen molar-refractivity contribution >= 4 is 0 Å². The van der Waals surface area contributed by atoms with Crippen LogP contribution in [0, 0.1) is 13.8 Å². The summed E-state index contributed by atoms with van der Waals surface area (Å²) in [4.78, 5) is 1.70. The molecule has 0 saturated heterocycles. The van der Waals surface area contributed by atoms with E-state index in [0.717, 1.165) is 18.8 Å². The monoisotopic (exact) mass is 264 g/mol. The SMILES string of the molecule is CC[NH+](CC)CCCCCOc1cc(C)cc(C)c1. The van der Waals surface area contributed by atoms with Gasteiger partial charge in [-0.3, -0.25) is 0 Å². The third-order valence-corrected chi connectivity index (χ3v) is 3.64. The Labute approximate surface area is 118 Å². The Morgan fingerprint density at radius 1 is 0.895 bits per heavy atom. The van der Waals surface area contributed by atoms with Crippen molar-refractivity contribution in [2.45, 2.75) is 47.0 Å². The minimum absolute atomic E-state index is 0.844. The fraction of sp³-hybridized carbons (Fsp3) is 0.647. The Morgan fingerprint density at radius 3 is 2.11 bits per heavy atom. The van der Waals surface area contributed by atoms with Crippen LogP contribution in [0.4, 0.5) is 0 Å². The molecule has 0 atom stereocenters. The summed E-state index contributed by atoms with van der Waals surface area (Å²) >= 11 is 0. The van der Waals surface area contributed by atoms with Crippen molar-refractivity contribution in [1.29, 1.82) is 0 Å². The highest BCUT2D eigenvalue weighted by atomic mass is 16.5. The Hall–Kier alpha value is -1.02. The molecule has 0 saturated carbocycles. The maximum Gasteiger partial charge on any atom is 0.119 e. The molecule has 0 amide bonds. The summed E-state index contributed by atoms with van der Waals surface area (Å²) in [6.45, 7) is 13.4. The predicted octanol–water partition coefficient (Wildman–Crippen LogP) is 2.78. The molecule has 2 heteroatoms. The van der Waals surface area contributed by atoms with Crippen LogP contribution in [-0.4, -0.2) is 26.2 Å². The molecule has 0 aliphatic rings. The van der Waals surface area contributed by atoms with Crippen LogP contribution in [0.3, 0.4) is 0 Å².